The molecule has 0 amide bonds. The van der Waals surface area contributed by atoms with Crippen molar-refractivity contribution in [3.8, 4) is 11.5 Å². The average molecular weight is 278 g/mol. The van der Waals surface area contributed by atoms with E-state index in [0.717, 1.165) is 50.6 Å². The number of likely N-dealkylation sites (N-methyl/N-ethyl adjacent to an activating group) is 1. The fraction of sp³-hybridized carbons (Fsp3) is 0.625. The largest absolute Gasteiger partial charge is 0.490 e. The normalized spacial score (nSPS) is 16.0. The van der Waals surface area contributed by atoms with Gasteiger partial charge >= 0.3 is 0 Å². The third-order valence-electron chi connectivity index (χ3n) is 3.36. The van der Waals surface area contributed by atoms with Crippen LogP contribution in [0.1, 0.15) is 31.4 Å². The number of ether oxygens (including phenoxy) is 2. The van der Waals surface area contributed by atoms with Crippen molar-refractivity contribution in [1.29, 1.82) is 0 Å². The second-order valence-corrected chi connectivity index (χ2v) is 5.53. The maximum absolute atomic E-state index is 5.78. The zero-order valence-corrected chi connectivity index (χ0v) is 12.8. The third-order valence-corrected chi connectivity index (χ3v) is 3.36. The van der Waals surface area contributed by atoms with Gasteiger partial charge in [-0.25, -0.2) is 0 Å². The summed E-state index contributed by atoms with van der Waals surface area (Å²) < 4.78 is 11.5. The summed E-state index contributed by atoms with van der Waals surface area (Å²) in [6, 6.07) is 6.62. The van der Waals surface area contributed by atoms with Crippen molar-refractivity contribution in [1.82, 2.24) is 10.2 Å². The van der Waals surface area contributed by atoms with E-state index in [0.29, 0.717) is 6.04 Å². The molecule has 0 radical (unpaired) electrons. The van der Waals surface area contributed by atoms with Gasteiger partial charge in [-0.05, 0) is 44.8 Å². The van der Waals surface area contributed by atoms with Crippen molar-refractivity contribution in [2.24, 2.45) is 0 Å². The van der Waals surface area contributed by atoms with Gasteiger partial charge < -0.3 is 19.7 Å². The standard InChI is InChI=1S/C16H26N2O2/c1-4-8-17-14(12-18(2)3)13-6-7-15-16(11-13)20-10-5-9-19-15/h6-7,11,14,17H,4-5,8-10,12H2,1-3H3. The van der Waals surface area contributed by atoms with Crippen molar-refractivity contribution in [2.45, 2.75) is 25.8 Å². The summed E-state index contributed by atoms with van der Waals surface area (Å²) in [6.45, 7) is 5.65. The van der Waals surface area contributed by atoms with Crippen molar-refractivity contribution in [2.75, 3.05) is 40.4 Å². The Labute approximate surface area is 122 Å². The highest BCUT2D eigenvalue weighted by Crippen LogP contribution is 2.32. The number of hydrogen-bond donors (Lipinski definition) is 1. The second-order valence-electron chi connectivity index (χ2n) is 5.53. The highest BCUT2D eigenvalue weighted by molar-refractivity contribution is 5.44. The number of rotatable bonds is 6. The molecular weight excluding hydrogens is 252 g/mol. The summed E-state index contributed by atoms with van der Waals surface area (Å²) in [5.41, 5.74) is 1.26. The van der Waals surface area contributed by atoms with E-state index in [1.54, 1.807) is 0 Å². The highest BCUT2D eigenvalue weighted by Gasteiger charge is 2.16. The number of fused-ring (bicyclic) bond motifs is 1. The van der Waals surface area contributed by atoms with Crippen LogP contribution < -0.4 is 14.8 Å². The van der Waals surface area contributed by atoms with Crippen LogP contribution in [0.25, 0.3) is 0 Å². The second kappa shape index (κ2) is 7.50. The molecule has 112 valence electrons. The first kappa shape index (κ1) is 15.1. The van der Waals surface area contributed by atoms with E-state index in [9.17, 15) is 0 Å². The van der Waals surface area contributed by atoms with E-state index >= 15 is 0 Å². The van der Waals surface area contributed by atoms with Gasteiger partial charge in [0.05, 0.1) is 13.2 Å². The molecule has 0 bridgehead atoms. The Balaban J connectivity index is 2.17. The fourth-order valence-corrected chi connectivity index (χ4v) is 2.37. The molecule has 0 aliphatic carbocycles. The smallest absolute Gasteiger partial charge is 0.161 e. The van der Waals surface area contributed by atoms with Crippen LogP contribution in [0, 0.1) is 0 Å². The lowest BCUT2D eigenvalue weighted by Gasteiger charge is -2.23. The number of nitrogens with zero attached hydrogens (tertiary/aromatic N) is 1. The molecule has 1 aromatic carbocycles. The molecule has 2 rings (SSSR count). The van der Waals surface area contributed by atoms with Gasteiger partial charge in [0.15, 0.2) is 11.5 Å². The Morgan fingerprint density at radius 2 is 1.95 bits per heavy atom. The van der Waals surface area contributed by atoms with Crippen LogP contribution >= 0.6 is 0 Å². The number of nitrogens with one attached hydrogen (secondary N) is 1. The SMILES string of the molecule is CCCNC(CN(C)C)c1ccc2c(c1)OCCCO2. The lowest BCUT2D eigenvalue weighted by atomic mass is 10.1. The molecular formula is C16H26N2O2. The molecule has 4 nitrogen and oxygen atoms in total. The van der Waals surface area contributed by atoms with Gasteiger partial charge in [0.2, 0.25) is 0 Å². The van der Waals surface area contributed by atoms with E-state index in [1.807, 2.05) is 6.07 Å². The lowest BCUT2D eigenvalue weighted by molar-refractivity contribution is 0.296. The summed E-state index contributed by atoms with van der Waals surface area (Å²) in [5, 5.41) is 3.60. The van der Waals surface area contributed by atoms with Crippen molar-refractivity contribution in [3.05, 3.63) is 23.8 Å². The van der Waals surface area contributed by atoms with Gasteiger partial charge in [-0.3, -0.25) is 0 Å². The van der Waals surface area contributed by atoms with Crippen molar-refractivity contribution in [3.63, 3.8) is 0 Å². The molecule has 20 heavy (non-hydrogen) atoms. The molecule has 0 saturated carbocycles. The maximum Gasteiger partial charge on any atom is 0.161 e. The van der Waals surface area contributed by atoms with Crippen LogP contribution in [-0.4, -0.2) is 45.3 Å². The molecule has 0 fully saturated rings. The highest BCUT2D eigenvalue weighted by atomic mass is 16.5. The quantitative estimate of drug-likeness (QED) is 0.866. The Kier molecular flexibility index (Phi) is 5.68. The first-order valence-corrected chi connectivity index (χ1v) is 7.48. The van der Waals surface area contributed by atoms with Crippen LogP contribution in [0.2, 0.25) is 0 Å². The van der Waals surface area contributed by atoms with Gasteiger partial charge in [-0.2, -0.15) is 0 Å². The van der Waals surface area contributed by atoms with Crippen molar-refractivity contribution < 1.29 is 9.47 Å². The van der Waals surface area contributed by atoms with Crippen molar-refractivity contribution >= 4 is 0 Å². The molecule has 4 heteroatoms. The van der Waals surface area contributed by atoms with Gasteiger partial charge in [0, 0.05) is 19.0 Å². The number of benzene rings is 1. The summed E-state index contributed by atoms with van der Waals surface area (Å²) in [5.74, 6) is 1.74. The Morgan fingerprint density at radius 1 is 1.20 bits per heavy atom. The minimum absolute atomic E-state index is 0.321. The van der Waals surface area contributed by atoms with Gasteiger partial charge in [-0.1, -0.05) is 13.0 Å². The third kappa shape index (κ3) is 4.12. The zero-order chi connectivity index (χ0) is 14.4. The molecule has 1 heterocycles. The van der Waals surface area contributed by atoms with E-state index in [4.69, 9.17) is 9.47 Å². The van der Waals surface area contributed by atoms with E-state index < -0.39 is 0 Å². The monoisotopic (exact) mass is 278 g/mol. The van der Waals surface area contributed by atoms with E-state index in [-0.39, 0.29) is 0 Å². The van der Waals surface area contributed by atoms with E-state index in [2.05, 4.69) is 43.4 Å². The first-order valence-electron chi connectivity index (χ1n) is 7.48. The molecule has 0 aromatic heterocycles. The Hall–Kier alpha value is -1.26. The Morgan fingerprint density at radius 3 is 2.65 bits per heavy atom. The number of hydrogen-bond acceptors (Lipinski definition) is 4. The maximum atomic E-state index is 5.78. The van der Waals surface area contributed by atoms with Crippen LogP contribution in [0.4, 0.5) is 0 Å². The minimum atomic E-state index is 0.321. The molecule has 0 spiro atoms. The summed E-state index contributed by atoms with van der Waals surface area (Å²) >= 11 is 0. The molecule has 1 atom stereocenters. The van der Waals surface area contributed by atoms with Gasteiger partial charge in [-0.15, -0.1) is 0 Å². The lowest BCUT2D eigenvalue weighted by Crippen LogP contribution is -2.31. The Bertz CT molecular complexity index is 421. The molecule has 1 unspecified atom stereocenters. The topological polar surface area (TPSA) is 33.7 Å². The molecule has 1 aliphatic heterocycles. The van der Waals surface area contributed by atoms with Gasteiger partial charge in [0.1, 0.15) is 0 Å². The summed E-state index contributed by atoms with van der Waals surface area (Å²) in [7, 11) is 4.20. The van der Waals surface area contributed by atoms with Crippen LogP contribution in [0.5, 0.6) is 11.5 Å². The fourth-order valence-electron chi connectivity index (χ4n) is 2.37. The average Bonchev–Trinajstić information content (AvgIpc) is 2.67. The predicted octanol–water partition coefficient (Wildman–Crippen LogP) is 2.45. The molecule has 1 aromatic rings. The van der Waals surface area contributed by atoms with Crippen LogP contribution in [-0.2, 0) is 0 Å². The van der Waals surface area contributed by atoms with E-state index in [1.165, 1.54) is 5.56 Å². The minimum Gasteiger partial charge on any atom is -0.490 e. The van der Waals surface area contributed by atoms with Crippen LogP contribution in [0.15, 0.2) is 18.2 Å². The zero-order valence-electron chi connectivity index (χ0n) is 12.8. The van der Waals surface area contributed by atoms with Crippen LogP contribution in [0.3, 0.4) is 0 Å². The summed E-state index contributed by atoms with van der Waals surface area (Å²) in [4.78, 5) is 2.20. The predicted molar refractivity (Wildman–Crippen MR) is 81.6 cm³/mol. The first-order chi connectivity index (χ1) is 9.70. The summed E-state index contributed by atoms with van der Waals surface area (Å²) in [6.07, 6.45) is 2.08. The molecule has 1 aliphatic rings. The van der Waals surface area contributed by atoms with Gasteiger partial charge in [0.25, 0.3) is 0 Å². The molecule has 0 saturated heterocycles. The molecule has 1 N–H and O–H groups in total.